The van der Waals surface area contributed by atoms with E-state index in [4.69, 9.17) is 4.74 Å². The molecule has 142 valence electrons. The molecule has 0 aromatic rings. The van der Waals surface area contributed by atoms with Crippen molar-refractivity contribution in [1.29, 1.82) is 0 Å². The molecule has 4 N–H and O–H groups in total. The van der Waals surface area contributed by atoms with Gasteiger partial charge in [0.15, 0.2) is 0 Å². The summed E-state index contributed by atoms with van der Waals surface area (Å²) in [5.41, 5.74) is -4.44. The molecule has 4 saturated carbocycles. The summed E-state index contributed by atoms with van der Waals surface area (Å²) in [6.45, 7) is 5.47. The molecule has 4 aliphatic carbocycles. The van der Waals surface area contributed by atoms with Gasteiger partial charge in [0, 0.05) is 17.3 Å². The number of rotatable bonds is 1. The van der Waals surface area contributed by atoms with Crippen molar-refractivity contribution in [2.75, 3.05) is 0 Å². The second-order valence-electron chi connectivity index (χ2n) is 9.31. The Morgan fingerprint density at radius 2 is 1.96 bits per heavy atom. The third-order valence-electron chi connectivity index (χ3n) is 8.69. The van der Waals surface area contributed by atoms with Crippen molar-refractivity contribution in [3.63, 3.8) is 0 Å². The summed E-state index contributed by atoms with van der Waals surface area (Å²) in [6, 6.07) is 0. The summed E-state index contributed by atoms with van der Waals surface area (Å²) in [5.74, 6) is -3.83. The third kappa shape index (κ3) is 1.37. The number of carboxylic acid groups (broad SMARTS) is 1. The lowest BCUT2D eigenvalue weighted by Crippen LogP contribution is -2.53. The van der Waals surface area contributed by atoms with Crippen molar-refractivity contribution in [3.8, 4) is 0 Å². The normalized spacial score (nSPS) is 59.8. The fourth-order valence-corrected chi connectivity index (χ4v) is 7.67. The Morgan fingerprint density at radius 3 is 2.62 bits per heavy atom. The van der Waals surface area contributed by atoms with Gasteiger partial charge >= 0.3 is 11.9 Å². The van der Waals surface area contributed by atoms with Gasteiger partial charge in [-0.3, -0.25) is 9.59 Å². The van der Waals surface area contributed by atoms with Gasteiger partial charge in [-0.15, -0.1) is 0 Å². The van der Waals surface area contributed by atoms with E-state index < -0.39 is 58.0 Å². The van der Waals surface area contributed by atoms with Crippen molar-refractivity contribution in [1.82, 2.24) is 0 Å². The fraction of sp³-hybridized carbons (Fsp3) is 0.789. The van der Waals surface area contributed by atoms with Gasteiger partial charge in [0.05, 0.1) is 29.1 Å². The highest BCUT2D eigenvalue weighted by Crippen LogP contribution is 2.78. The van der Waals surface area contributed by atoms with Gasteiger partial charge in [-0.2, -0.15) is 0 Å². The SMILES string of the molecule is C=C1[C@@H](O)[C@]23C[C@@]1(O)CC[C@H]2[C@@]12CC[C@@H](O)[C@](C)(C(=O)O1)[C@H]2[C@@H]3C(=O)O. The third-order valence-corrected chi connectivity index (χ3v) is 8.69. The zero-order valence-electron chi connectivity index (χ0n) is 14.6. The van der Waals surface area contributed by atoms with Crippen LogP contribution in [-0.4, -0.2) is 55.8 Å². The van der Waals surface area contributed by atoms with Crippen LogP contribution in [0.3, 0.4) is 0 Å². The largest absolute Gasteiger partial charge is 0.481 e. The summed E-state index contributed by atoms with van der Waals surface area (Å²) in [4.78, 5) is 25.2. The second kappa shape index (κ2) is 4.34. The van der Waals surface area contributed by atoms with Crippen LogP contribution < -0.4 is 0 Å². The number of hydrogen-bond donors (Lipinski definition) is 4. The molecule has 5 fully saturated rings. The van der Waals surface area contributed by atoms with E-state index in [1.54, 1.807) is 6.92 Å². The molecule has 1 spiro atoms. The lowest BCUT2D eigenvalue weighted by Gasteiger charge is -2.46. The van der Waals surface area contributed by atoms with Gasteiger partial charge in [-0.1, -0.05) is 6.58 Å². The van der Waals surface area contributed by atoms with E-state index in [2.05, 4.69) is 6.58 Å². The van der Waals surface area contributed by atoms with E-state index in [0.717, 1.165) is 0 Å². The van der Waals surface area contributed by atoms with E-state index in [1.807, 2.05) is 0 Å². The first kappa shape index (κ1) is 16.7. The monoisotopic (exact) mass is 364 g/mol. The minimum atomic E-state index is -1.31. The Morgan fingerprint density at radius 1 is 1.27 bits per heavy atom. The maximum Gasteiger partial charge on any atom is 0.315 e. The van der Waals surface area contributed by atoms with E-state index in [9.17, 15) is 30.0 Å². The average Bonchev–Trinajstić information content (AvgIpc) is 2.98. The standard InChI is InChI=1S/C19H24O7/c1-8-13(21)18-7-17(8,25)5-3-9(18)19-6-4-10(20)16(2,15(24)26-19)12(19)11(18)14(22)23/h9-13,20-21,25H,1,3-7H2,2H3,(H,22,23)/t9-,10-,11-,12-,13-,16+,17+,18-,19-/m1/s1. The quantitative estimate of drug-likeness (QED) is 0.388. The van der Waals surface area contributed by atoms with Crippen LogP contribution in [0.1, 0.15) is 39.0 Å². The molecule has 0 unspecified atom stereocenters. The van der Waals surface area contributed by atoms with Crippen LogP contribution in [0.5, 0.6) is 0 Å². The number of carboxylic acids is 1. The number of aliphatic hydroxyl groups excluding tert-OH is 2. The molecule has 9 atom stereocenters. The Bertz CT molecular complexity index is 763. The number of hydrogen-bond acceptors (Lipinski definition) is 6. The van der Waals surface area contributed by atoms with E-state index in [1.165, 1.54) is 0 Å². The molecule has 0 aromatic carbocycles. The summed E-state index contributed by atoms with van der Waals surface area (Å²) >= 11 is 0. The molecule has 26 heavy (non-hydrogen) atoms. The molecule has 1 heterocycles. The first-order valence-corrected chi connectivity index (χ1v) is 9.30. The molecule has 1 saturated heterocycles. The number of aliphatic hydroxyl groups is 3. The lowest BCUT2D eigenvalue weighted by atomic mass is 9.59. The van der Waals surface area contributed by atoms with Crippen LogP contribution in [-0.2, 0) is 14.3 Å². The lowest BCUT2D eigenvalue weighted by molar-refractivity contribution is -0.168. The van der Waals surface area contributed by atoms with Crippen molar-refractivity contribution >= 4 is 11.9 Å². The second-order valence-corrected chi connectivity index (χ2v) is 9.31. The highest BCUT2D eigenvalue weighted by molar-refractivity contribution is 5.85. The van der Waals surface area contributed by atoms with Gasteiger partial charge in [0.25, 0.3) is 0 Å². The van der Waals surface area contributed by atoms with E-state index in [-0.39, 0.29) is 17.9 Å². The predicted octanol–water partition coefficient (Wildman–Crippen LogP) is 0.222. The number of ether oxygens (including phenoxy) is 1. The highest BCUT2D eigenvalue weighted by Gasteiger charge is 2.86. The van der Waals surface area contributed by atoms with Gasteiger partial charge in [-0.05, 0) is 44.6 Å². The first-order chi connectivity index (χ1) is 12.1. The summed E-state index contributed by atoms with van der Waals surface area (Å²) in [6.07, 6.45) is -0.452. The highest BCUT2D eigenvalue weighted by atomic mass is 16.6. The predicted molar refractivity (Wildman–Crippen MR) is 86.7 cm³/mol. The van der Waals surface area contributed by atoms with Crippen LogP contribution >= 0.6 is 0 Å². The van der Waals surface area contributed by atoms with Gasteiger partial charge in [0.1, 0.15) is 5.60 Å². The Balaban J connectivity index is 1.79. The van der Waals surface area contributed by atoms with Gasteiger partial charge in [-0.25, -0.2) is 0 Å². The number of aliphatic carboxylic acids is 1. The molecule has 0 aromatic heterocycles. The zero-order valence-corrected chi connectivity index (χ0v) is 14.6. The zero-order chi connectivity index (χ0) is 18.9. The van der Waals surface area contributed by atoms with Crippen LogP contribution in [0.2, 0.25) is 0 Å². The summed E-state index contributed by atoms with van der Waals surface area (Å²) in [7, 11) is 0. The molecule has 7 nitrogen and oxygen atoms in total. The van der Waals surface area contributed by atoms with Crippen molar-refractivity contribution < 1.29 is 34.8 Å². The maximum atomic E-state index is 12.7. The Labute approximate surface area is 150 Å². The number of carbonyl (C=O) groups excluding carboxylic acids is 1. The number of esters is 1. The minimum absolute atomic E-state index is 0.115. The van der Waals surface area contributed by atoms with Gasteiger partial charge in [0.2, 0.25) is 0 Å². The van der Waals surface area contributed by atoms with Crippen molar-refractivity contribution in [3.05, 3.63) is 12.2 Å². The van der Waals surface area contributed by atoms with Crippen LogP contribution in [0.25, 0.3) is 0 Å². The first-order valence-electron chi connectivity index (χ1n) is 9.30. The van der Waals surface area contributed by atoms with Crippen molar-refractivity contribution in [2.24, 2.45) is 28.6 Å². The van der Waals surface area contributed by atoms with Crippen LogP contribution in [0.15, 0.2) is 12.2 Å². The maximum absolute atomic E-state index is 12.7. The molecule has 0 amide bonds. The van der Waals surface area contributed by atoms with Crippen LogP contribution in [0.4, 0.5) is 0 Å². The fourth-order valence-electron chi connectivity index (χ4n) is 7.67. The molecular formula is C19H24O7. The van der Waals surface area contributed by atoms with E-state index in [0.29, 0.717) is 25.7 Å². The smallest absolute Gasteiger partial charge is 0.315 e. The van der Waals surface area contributed by atoms with Gasteiger partial charge < -0.3 is 25.2 Å². The van der Waals surface area contributed by atoms with E-state index >= 15 is 0 Å². The summed E-state index contributed by atoms with van der Waals surface area (Å²) in [5, 5.41) is 42.8. The molecule has 1 aliphatic heterocycles. The number of carbonyl (C=O) groups is 2. The molecule has 5 rings (SSSR count). The number of fused-ring (bicyclic) bond motifs is 1. The Hall–Kier alpha value is -1.44. The molecular weight excluding hydrogens is 340 g/mol. The summed E-state index contributed by atoms with van der Waals surface area (Å²) < 4.78 is 5.90. The Kier molecular flexibility index (Phi) is 2.79. The molecule has 7 heteroatoms. The molecule has 5 aliphatic rings. The topological polar surface area (TPSA) is 124 Å². The average molecular weight is 364 g/mol. The van der Waals surface area contributed by atoms with Crippen LogP contribution in [0, 0.1) is 28.6 Å². The molecule has 4 bridgehead atoms. The van der Waals surface area contributed by atoms with Crippen molar-refractivity contribution in [2.45, 2.75) is 62.4 Å². The minimum Gasteiger partial charge on any atom is -0.481 e. The molecule has 0 radical (unpaired) electrons.